The Bertz CT molecular complexity index is 504. The molecule has 82 valence electrons. The second kappa shape index (κ2) is 4.53. The van der Waals surface area contributed by atoms with Crippen molar-refractivity contribution in [3.8, 4) is 10.6 Å². The Labute approximate surface area is 96.8 Å². The fourth-order valence-electron chi connectivity index (χ4n) is 1.42. The average Bonchev–Trinajstić information content (AvgIpc) is 2.73. The topological polar surface area (TPSA) is 30.0 Å². The molecule has 2 nitrogen and oxygen atoms in total. The van der Waals surface area contributed by atoms with E-state index < -0.39 is 0 Å². The van der Waals surface area contributed by atoms with Gasteiger partial charge in [-0.05, 0) is 30.7 Å². The van der Waals surface area contributed by atoms with Crippen LogP contribution in [-0.4, -0.2) is 11.3 Å². The fourth-order valence-corrected chi connectivity index (χ4v) is 2.40. The lowest BCUT2D eigenvalue weighted by Crippen LogP contribution is -1.85. The van der Waals surface area contributed by atoms with Crippen molar-refractivity contribution in [2.75, 3.05) is 0 Å². The van der Waals surface area contributed by atoms with Gasteiger partial charge in [-0.1, -0.05) is 6.92 Å². The summed E-state index contributed by atoms with van der Waals surface area (Å²) in [5.41, 5.74) is 1.33. The van der Waals surface area contributed by atoms with E-state index in [1.807, 2.05) is 6.92 Å². The van der Waals surface area contributed by atoms with Gasteiger partial charge in [0.05, 0.1) is 0 Å². The summed E-state index contributed by atoms with van der Waals surface area (Å²) in [6, 6.07) is 6.12. The number of carbonyl (C=O) groups excluding carboxylic acids is 1. The zero-order valence-corrected chi connectivity index (χ0v) is 9.55. The van der Waals surface area contributed by atoms with Crippen molar-refractivity contribution in [2.24, 2.45) is 0 Å². The number of hydrogen-bond acceptors (Lipinski definition) is 3. The zero-order valence-electron chi connectivity index (χ0n) is 8.74. The van der Waals surface area contributed by atoms with Gasteiger partial charge in [0, 0.05) is 10.4 Å². The number of aryl methyl sites for hydroxylation is 1. The number of aldehydes is 1. The number of nitrogens with zero attached hydrogens (tertiary/aromatic N) is 1. The molecule has 0 saturated carbocycles. The van der Waals surface area contributed by atoms with Crippen LogP contribution in [0.2, 0.25) is 0 Å². The van der Waals surface area contributed by atoms with Crippen molar-refractivity contribution in [3.05, 3.63) is 40.7 Å². The number of carbonyl (C=O) groups is 1. The Kier molecular flexibility index (Phi) is 3.10. The Balaban J connectivity index is 2.44. The van der Waals surface area contributed by atoms with Crippen LogP contribution in [0.15, 0.2) is 24.3 Å². The largest absolute Gasteiger partial charge is 0.296 e. The molecule has 16 heavy (non-hydrogen) atoms. The molecule has 1 aromatic heterocycles. The summed E-state index contributed by atoms with van der Waals surface area (Å²) >= 11 is 1.48. The molecule has 0 aliphatic rings. The Morgan fingerprint density at radius 3 is 2.56 bits per heavy atom. The third-order valence-corrected chi connectivity index (χ3v) is 3.52. The number of hydrogen-bond donors (Lipinski definition) is 0. The van der Waals surface area contributed by atoms with Crippen molar-refractivity contribution in [1.29, 1.82) is 0 Å². The minimum atomic E-state index is -0.272. The number of aromatic nitrogens is 1. The van der Waals surface area contributed by atoms with Crippen molar-refractivity contribution in [2.45, 2.75) is 13.3 Å². The van der Waals surface area contributed by atoms with Crippen molar-refractivity contribution in [1.82, 2.24) is 4.98 Å². The van der Waals surface area contributed by atoms with Crippen molar-refractivity contribution >= 4 is 17.6 Å². The molecule has 1 heterocycles. The third kappa shape index (κ3) is 2.02. The van der Waals surface area contributed by atoms with Crippen molar-refractivity contribution < 1.29 is 9.18 Å². The first-order valence-electron chi connectivity index (χ1n) is 4.95. The van der Waals surface area contributed by atoms with Gasteiger partial charge >= 0.3 is 0 Å². The number of halogens is 1. The van der Waals surface area contributed by atoms with Crippen molar-refractivity contribution in [3.63, 3.8) is 0 Å². The highest BCUT2D eigenvalue weighted by atomic mass is 32.1. The summed E-state index contributed by atoms with van der Waals surface area (Å²) in [6.07, 6.45) is 1.55. The van der Waals surface area contributed by atoms with Crippen LogP contribution in [0.5, 0.6) is 0 Å². The summed E-state index contributed by atoms with van der Waals surface area (Å²) in [7, 11) is 0. The fraction of sp³-hybridized carbons (Fsp3) is 0.167. The summed E-state index contributed by atoms with van der Waals surface area (Å²) < 4.78 is 12.7. The summed E-state index contributed by atoms with van der Waals surface area (Å²) in [5.74, 6) is -0.272. The van der Waals surface area contributed by atoms with Gasteiger partial charge in [0.1, 0.15) is 16.5 Å². The molecule has 0 bridgehead atoms. The van der Waals surface area contributed by atoms with E-state index in [4.69, 9.17) is 0 Å². The highest BCUT2D eigenvalue weighted by Gasteiger charge is 2.10. The van der Waals surface area contributed by atoms with E-state index >= 15 is 0 Å². The smallest absolute Gasteiger partial charge is 0.169 e. The molecule has 0 saturated heterocycles. The second-order valence-electron chi connectivity index (χ2n) is 3.31. The number of benzene rings is 1. The van der Waals surface area contributed by atoms with Crippen LogP contribution in [0.1, 0.15) is 22.3 Å². The van der Waals surface area contributed by atoms with E-state index in [1.165, 1.54) is 23.5 Å². The highest BCUT2D eigenvalue weighted by Crippen LogP contribution is 2.27. The SMILES string of the molecule is CCc1sc(-c2ccc(F)cc2)nc1C=O. The molecule has 1 aromatic carbocycles. The molecule has 0 atom stereocenters. The van der Waals surface area contributed by atoms with Gasteiger partial charge in [-0.15, -0.1) is 11.3 Å². The maximum atomic E-state index is 12.7. The van der Waals surface area contributed by atoms with Crippen LogP contribution in [0.3, 0.4) is 0 Å². The zero-order chi connectivity index (χ0) is 11.5. The molecule has 0 radical (unpaired) electrons. The van der Waals surface area contributed by atoms with Crippen LogP contribution in [-0.2, 0) is 6.42 Å². The third-order valence-electron chi connectivity index (χ3n) is 2.25. The molecule has 0 spiro atoms. The molecular weight excluding hydrogens is 225 g/mol. The Morgan fingerprint density at radius 2 is 2.06 bits per heavy atom. The molecule has 0 fully saturated rings. The lowest BCUT2D eigenvalue weighted by atomic mass is 10.2. The van der Waals surface area contributed by atoms with Gasteiger partial charge < -0.3 is 0 Å². The molecule has 0 amide bonds. The second-order valence-corrected chi connectivity index (χ2v) is 4.39. The van der Waals surface area contributed by atoms with Crippen LogP contribution in [0.25, 0.3) is 10.6 Å². The molecule has 2 aromatic rings. The monoisotopic (exact) mass is 235 g/mol. The molecule has 0 N–H and O–H groups in total. The molecule has 2 rings (SSSR count). The highest BCUT2D eigenvalue weighted by molar-refractivity contribution is 7.15. The first-order chi connectivity index (χ1) is 7.74. The lowest BCUT2D eigenvalue weighted by Gasteiger charge is -1.94. The van der Waals surface area contributed by atoms with Gasteiger partial charge in [0.2, 0.25) is 0 Å². The van der Waals surface area contributed by atoms with Crippen LogP contribution >= 0.6 is 11.3 Å². The van der Waals surface area contributed by atoms with E-state index in [-0.39, 0.29) is 5.82 Å². The number of thiazole rings is 1. The first kappa shape index (κ1) is 11.0. The van der Waals surface area contributed by atoms with E-state index in [0.29, 0.717) is 5.69 Å². The maximum Gasteiger partial charge on any atom is 0.169 e. The first-order valence-corrected chi connectivity index (χ1v) is 5.77. The quantitative estimate of drug-likeness (QED) is 0.764. The van der Waals surface area contributed by atoms with E-state index in [2.05, 4.69) is 4.98 Å². The minimum absolute atomic E-state index is 0.272. The standard InChI is InChI=1S/C12H10FNOS/c1-2-11-10(7-15)14-12(16-11)8-3-5-9(13)6-4-8/h3-7H,2H2,1H3. The van der Waals surface area contributed by atoms with E-state index in [0.717, 1.165) is 28.2 Å². The van der Waals surface area contributed by atoms with Gasteiger partial charge in [0.25, 0.3) is 0 Å². The van der Waals surface area contributed by atoms with Gasteiger partial charge in [-0.3, -0.25) is 4.79 Å². The summed E-state index contributed by atoms with van der Waals surface area (Å²) in [6.45, 7) is 1.98. The minimum Gasteiger partial charge on any atom is -0.296 e. The Morgan fingerprint density at radius 1 is 1.38 bits per heavy atom. The van der Waals surface area contributed by atoms with Gasteiger partial charge in [0.15, 0.2) is 6.29 Å². The molecular formula is C12H10FNOS. The lowest BCUT2D eigenvalue weighted by molar-refractivity contribution is 0.111. The Hall–Kier alpha value is -1.55. The molecule has 4 heteroatoms. The predicted octanol–water partition coefficient (Wildman–Crippen LogP) is 3.32. The average molecular weight is 235 g/mol. The van der Waals surface area contributed by atoms with E-state index in [9.17, 15) is 9.18 Å². The normalized spacial score (nSPS) is 10.4. The van der Waals surface area contributed by atoms with Crippen LogP contribution < -0.4 is 0 Å². The summed E-state index contributed by atoms with van der Waals surface area (Å²) in [4.78, 5) is 16.0. The predicted molar refractivity (Wildman–Crippen MR) is 62.3 cm³/mol. The van der Waals surface area contributed by atoms with E-state index in [1.54, 1.807) is 12.1 Å². The van der Waals surface area contributed by atoms with Crippen LogP contribution in [0.4, 0.5) is 4.39 Å². The summed E-state index contributed by atoms with van der Waals surface area (Å²) in [5, 5.41) is 0.763. The maximum absolute atomic E-state index is 12.7. The van der Waals surface area contributed by atoms with Gasteiger partial charge in [-0.2, -0.15) is 0 Å². The van der Waals surface area contributed by atoms with Crippen LogP contribution in [0, 0.1) is 5.82 Å². The molecule has 0 aliphatic carbocycles. The van der Waals surface area contributed by atoms with Gasteiger partial charge in [-0.25, -0.2) is 9.37 Å². The number of rotatable bonds is 3. The molecule has 0 aliphatic heterocycles. The molecule has 0 unspecified atom stereocenters.